The summed E-state index contributed by atoms with van der Waals surface area (Å²) in [4.78, 5) is 17.3. The molecule has 3 nitrogen and oxygen atoms in total. The molecule has 0 N–H and O–H groups in total. The van der Waals surface area contributed by atoms with E-state index in [0.29, 0.717) is 5.56 Å². The molecule has 0 aliphatic heterocycles. The fourth-order valence-corrected chi connectivity index (χ4v) is 3.05. The lowest BCUT2D eigenvalue weighted by Crippen LogP contribution is -2.07. The first-order valence-electron chi connectivity index (χ1n) is 8.43. The lowest BCUT2D eigenvalue weighted by atomic mass is 10.0. The van der Waals surface area contributed by atoms with E-state index < -0.39 is 0 Å². The van der Waals surface area contributed by atoms with E-state index in [9.17, 15) is 4.79 Å². The van der Waals surface area contributed by atoms with Gasteiger partial charge < -0.3 is 4.74 Å². The number of carbonyl (C=O) groups is 1. The second-order valence-corrected chi connectivity index (χ2v) is 6.02. The standard InChI is InChI=1S/C23H17NO2/c1-2-13-26-23(25)20-15-22(24-21-10-6-5-9-19(20)21)18-12-11-16-7-3-4-8-17(16)14-18/h2-12,14-15H,1,13H2. The largest absolute Gasteiger partial charge is 0.458 e. The second-order valence-electron chi connectivity index (χ2n) is 6.02. The summed E-state index contributed by atoms with van der Waals surface area (Å²) in [6, 6.07) is 23.8. The van der Waals surface area contributed by atoms with Gasteiger partial charge in [0.05, 0.1) is 16.8 Å². The Kier molecular flexibility index (Phi) is 4.20. The van der Waals surface area contributed by atoms with E-state index in [0.717, 1.165) is 27.5 Å². The minimum absolute atomic E-state index is 0.181. The average molecular weight is 339 g/mol. The molecule has 1 aromatic heterocycles. The van der Waals surface area contributed by atoms with Crippen molar-refractivity contribution in [2.45, 2.75) is 0 Å². The van der Waals surface area contributed by atoms with Crippen LogP contribution < -0.4 is 0 Å². The van der Waals surface area contributed by atoms with Crippen LogP contribution in [0.25, 0.3) is 32.9 Å². The van der Waals surface area contributed by atoms with Gasteiger partial charge in [-0.15, -0.1) is 0 Å². The van der Waals surface area contributed by atoms with E-state index in [2.05, 4.69) is 30.8 Å². The number of esters is 1. The van der Waals surface area contributed by atoms with Crippen molar-refractivity contribution in [1.82, 2.24) is 4.98 Å². The van der Waals surface area contributed by atoms with Crippen molar-refractivity contribution >= 4 is 27.6 Å². The molecular formula is C23H17NO2. The molecule has 3 aromatic carbocycles. The molecule has 0 bridgehead atoms. The van der Waals surface area contributed by atoms with Crippen LogP contribution in [0.3, 0.4) is 0 Å². The first-order valence-corrected chi connectivity index (χ1v) is 8.43. The molecule has 0 radical (unpaired) electrons. The fourth-order valence-electron chi connectivity index (χ4n) is 3.05. The van der Waals surface area contributed by atoms with Crippen LogP contribution in [-0.2, 0) is 4.74 Å². The summed E-state index contributed by atoms with van der Waals surface area (Å²) < 4.78 is 5.26. The quantitative estimate of drug-likeness (QED) is 0.369. The Morgan fingerprint density at radius 3 is 2.58 bits per heavy atom. The highest BCUT2D eigenvalue weighted by atomic mass is 16.5. The van der Waals surface area contributed by atoms with Gasteiger partial charge in [0.1, 0.15) is 6.61 Å². The van der Waals surface area contributed by atoms with Crippen molar-refractivity contribution in [3.8, 4) is 11.3 Å². The molecule has 0 aliphatic rings. The summed E-state index contributed by atoms with van der Waals surface area (Å²) in [6.45, 7) is 3.77. The van der Waals surface area contributed by atoms with E-state index in [-0.39, 0.29) is 12.6 Å². The van der Waals surface area contributed by atoms with Gasteiger partial charge >= 0.3 is 5.97 Å². The molecule has 0 fully saturated rings. The lowest BCUT2D eigenvalue weighted by Gasteiger charge is -2.10. The Morgan fingerprint density at radius 2 is 1.73 bits per heavy atom. The highest BCUT2D eigenvalue weighted by Gasteiger charge is 2.15. The van der Waals surface area contributed by atoms with E-state index in [4.69, 9.17) is 9.72 Å². The number of hydrogen-bond acceptors (Lipinski definition) is 3. The Morgan fingerprint density at radius 1 is 0.962 bits per heavy atom. The molecule has 126 valence electrons. The molecule has 0 saturated heterocycles. The van der Waals surface area contributed by atoms with Gasteiger partial charge in [0.25, 0.3) is 0 Å². The molecule has 3 heteroatoms. The zero-order chi connectivity index (χ0) is 17.9. The maximum absolute atomic E-state index is 12.5. The Balaban J connectivity index is 1.89. The van der Waals surface area contributed by atoms with Crippen molar-refractivity contribution in [3.05, 3.63) is 91.0 Å². The SMILES string of the molecule is C=CCOC(=O)c1cc(-c2ccc3ccccc3c2)nc2ccccc12. The molecule has 4 rings (SSSR count). The highest BCUT2D eigenvalue weighted by Crippen LogP contribution is 2.27. The number of carbonyl (C=O) groups excluding carboxylic acids is 1. The molecular weight excluding hydrogens is 322 g/mol. The van der Waals surface area contributed by atoms with Gasteiger partial charge in [-0.25, -0.2) is 9.78 Å². The zero-order valence-corrected chi connectivity index (χ0v) is 14.2. The molecule has 0 atom stereocenters. The normalized spacial score (nSPS) is 10.8. The first-order chi connectivity index (χ1) is 12.8. The minimum Gasteiger partial charge on any atom is -0.458 e. The van der Waals surface area contributed by atoms with Crippen LogP contribution in [0.15, 0.2) is 85.5 Å². The van der Waals surface area contributed by atoms with E-state index >= 15 is 0 Å². The van der Waals surface area contributed by atoms with E-state index in [1.807, 2.05) is 42.5 Å². The smallest absolute Gasteiger partial charge is 0.339 e. The van der Waals surface area contributed by atoms with Crippen LogP contribution in [0.5, 0.6) is 0 Å². The van der Waals surface area contributed by atoms with Crippen LogP contribution >= 0.6 is 0 Å². The number of fused-ring (bicyclic) bond motifs is 2. The van der Waals surface area contributed by atoms with Crippen molar-refractivity contribution < 1.29 is 9.53 Å². The zero-order valence-electron chi connectivity index (χ0n) is 14.2. The number of aromatic nitrogens is 1. The summed E-state index contributed by atoms with van der Waals surface area (Å²) >= 11 is 0. The molecule has 1 heterocycles. The third kappa shape index (κ3) is 2.95. The van der Waals surface area contributed by atoms with Crippen LogP contribution in [-0.4, -0.2) is 17.6 Å². The lowest BCUT2D eigenvalue weighted by molar-refractivity contribution is 0.0552. The number of rotatable bonds is 4. The third-order valence-corrected chi connectivity index (χ3v) is 4.31. The highest BCUT2D eigenvalue weighted by molar-refractivity contribution is 6.04. The van der Waals surface area contributed by atoms with Gasteiger partial charge in [-0.2, -0.15) is 0 Å². The summed E-state index contributed by atoms with van der Waals surface area (Å²) in [5.74, 6) is -0.370. The predicted molar refractivity (Wildman–Crippen MR) is 105 cm³/mol. The number of pyridine rings is 1. The van der Waals surface area contributed by atoms with Gasteiger partial charge in [0.15, 0.2) is 0 Å². The number of benzene rings is 3. The van der Waals surface area contributed by atoms with Crippen LogP contribution in [0, 0.1) is 0 Å². The van der Waals surface area contributed by atoms with Crippen molar-refractivity contribution in [2.75, 3.05) is 6.61 Å². The summed E-state index contributed by atoms with van der Waals surface area (Å²) in [5.41, 5.74) is 3.00. The molecule has 0 amide bonds. The molecule has 0 aliphatic carbocycles. The van der Waals surface area contributed by atoms with Crippen LogP contribution in [0.1, 0.15) is 10.4 Å². The topological polar surface area (TPSA) is 39.2 Å². The number of hydrogen-bond donors (Lipinski definition) is 0. The third-order valence-electron chi connectivity index (χ3n) is 4.31. The van der Waals surface area contributed by atoms with Crippen molar-refractivity contribution in [3.63, 3.8) is 0 Å². The predicted octanol–water partition coefficient (Wildman–Crippen LogP) is 5.40. The average Bonchev–Trinajstić information content (AvgIpc) is 2.70. The maximum Gasteiger partial charge on any atom is 0.339 e. The van der Waals surface area contributed by atoms with Crippen molar-refractivity contribution in [1.29, 1.82) is 0 Å². The molecule has 0 spiro atoms. The van der Waals surface area contributed by atoms with E-state index in [1.165, 1.54) is 5.39 Å². The van der Waals surface area contributed by atoms with Gasteiger partial charge in [-0.1, -0.05) is 67.3 Å². The fraction of sp³-hybridized carbons (Fsp3) is 0.0435. The van der Waals surface area contributed by atoms with Crippen molar-refractivity contribution in [2.24, 2.45) is 0 Å². The summed E-state index contributed by atoms with van der Waals surface area (Å²) in [7, 11) is 0. The second kappa shape index (κ2) is 6.81. The van der Waals surface area contributed by atoms with Gasteiger partial charge in [0, 0.05) is 10.9 Å². The van der Waals surface area contributed by atoms with Crippen LogP contribution in [0.2, 0.25) is 0 Å². The maximum atomic E-state index is 12.5. The molecule has 0 saturated carbocycles. The Hall–Kier alpha value is -3.46. The van der Waals surface area contributed by atoms with Crippen LogP contribution in [0.4, 0.5) is 0 Å². The van der Waals surface area contributed by atoms with E-state index in [1.54, 1.807) is 12.1 Å². The Labute approximate surface area is 151 Å². The van der Waals surface area contributed by atoms with Gasteiger partial charge in [-0.3, -0.25) is 0 Å². The molecule has 0 unspecified atom stereocenters. The molecule has 26 heavy (non-hydrogen) atoms. The number of ether oxygens (including phenoxy) is 1. The molecule has 4 aromatic rings. The minimum atomic E-state index is -0.370. The first kappa shape index (κ1) is 16.0. The summed E-state index contributed by atoms with van der Waals surface area (Å²) in [5, 5.41) is 3.09. The number of para-hydroxylation sites is 1. The summed E-state index contributed by atoms with van der Waals surface area (Å²) in [6.07, 6.45) is 1.56. The monoisotopic (exact) mass is 339 g/mol. The number of nitrogens with zero attached hydrogens (tertiary/aromatic N) is 1. The Bertz CT molecular complexity index is 1130. The van der Waals surface area contributed by atoms with Gasteiger partial charge in [-0.05, 0) is 29.0 Å². The van der Waals surface area contributed by atoms with Gasteiger partial charge in [0.2, 0.25) is 0 Å².